The number of rotatable bonds is 6. The molecule has 2 aromatic heterocycles. The van der Waals surface area contributed by atoms with Crippen LogP contribution in [-0.2, 0) is 11.8 Å². The highest BCUT2D eigenvalue weighted by atomic mass is 32.1. The normalized spacial score (nSPS) is 14.8. The molecular weight excluding hydrogens is 685 g/mol. The quantitative estimate of drug-likeness (QED) is 0.181. The molecule has 2 nitrogen and oxygen atoms in total. The molecule has 1 atom stereocenters. The second-order valence-electron chi connectivity index (χ2n) is 15.7. The summed E-state index contributed by atoms with van der Waals surface area (Å²) in [5, 5.41) is 3.90. The zero-order valence-corrected chi connectivity index (χ0v) is 31.8. The van der Waals surface area contributed by atoms with Gasteiger partial charge in [-0.25, -0.2) is 0 Å². The molecule has 0 saturated carbocycles. The minimum absolute atomic E-state index is 0.0769. The summed E-state index contributed by atoms with van der Waals surface area (Å²) in [6.45, 7) is 4.79. The molecule has 3 heteroatoms. The van der Waals surface area contributed by atoms with E-state index in [4.69, 9.17) is 0 Å². The van der Waals surface area contributed by atoms with Gasteiger partial charge in [-0.1, -0.05) is 141 Å². The van der Waals surface area contributed by atoms with E-state index in [0.29, 0.717) is 0 Å². The molecule has 0 saturated heterocycles. The molecule has 0 unspecified atom stereocenters. The van der Waals surface area contributed by atoms with E-state index >= 15 is 0 Å². The number of aromatic amines is 1. The van der Waals surface area contributed by atoms with E-state index < -0.39 is 0 Å². The average molecular weight is 725 g/mol. The fourth-order valence-electron chi connectivity index (χ4n) is 9.71. The molecule has 0 bridgehead atoms. The van der Waals surface area contributed by atoms with Gasteiger partial charge in [0.2, 0.25) is 0 Å². The maximum Gasteiger partial charge on any atom is 0.0561 e. The molecule has 2 heterocycles. The number of thiophene rings is 1. The highest BCUT2D eigenvalue weighted by Crippen LogP contribution is 2.52. The number of anilines is 3. The van der Waals surface area contributed by atoms with Crippen molar-refractivity contribution in [3.05, 3.63) is 202 Å². The number of hydrogen-bond donors (Lipinski definition) is 1. The minimum atomic E-state index is -0.0769. The summed E-state index contributed by atoms with van der Waals surface area (Å²) in [6.07, 6.45) is 4.62. The third-order valence-corrected chi connectivity index (χ3v) is 13.4. The Bertz CT molecular complexity index is 2920. The Morgan fingerprint density at radius 2 is 1.31 bits per heavy atom. The molecule has 9 aromatic rings. The number of fused-ring (bicyclic) bond motifs is 9. The summed E-state index contributed by atoms with van der Waals surface area (Å²) >= 11 is 1.94. The van der Waals surface area contributed by atoms with Crippen LogP contribution in [0.25, 0.3) is 49.1 Å². The lowest BCUT2D eigenvalue weighted by Gasteiger charge is -2.28. The van der Waals surface area contributed by atoms with Gasteiger partial charge < -0.3 is 9.88 Å². The summed E-state index contributed by atoms with van der Waals surface area (Å²) in [7, 11) is 0. The first kappa shape index (κ1) is 32.3. The van der Waals surface area contributed by atoms with Crippen molar-refractivity contribution in [3.8, 4) is 11.1 Å². The van der Waals surface area contributed by atoms with Gasteiger partial charge in [-0.05, 0) is 106 Å². The zero-order chi connectivity index (χ0) is 36.7. The van der Waals surface area contributed by atoms with Crippen LogP contribution in [0.15, 0.2) is 169 Å². The fraction of sp³-hybridized carbons (Fsp3) is 0.115. The van der Waals surface area contributed by atoms with E-state index in [9.17, 15) is 0 Å². The van der Waals surface area contributed by atoms with Crippen molar-refractivity contribution in [1.82, 2.24) is 4.98 Å². The molecule has 11 rings (SSSR count). The number of aromatic nitrogens is 1. The highest BCUT2D eigenvalue weighted by Gasteiger charge is 2.36. The van der Waals surface area contributed by atoms with Crippen molar-refractivity contribution in [2.45, 2.75) is 38.0 Å². The first-order valence-corrected chi connectivity index (χ1v) is 20.2. The van der Waals surface area contributed by atoms with E-state index in [1.807, 2.05) is 11.3 Å². The standard InChI is InChI=1S/C52H40N2S/c1-52(2)43-23-11-9-19-37(43)38-29-27-33(31-44(38)52)49(34-28-30-40-39-20-10-12-26-47(39)55-48(40)32-34)41-21-13-22-42-50-45(53-51(41)42)24-14-25-46(50)54(35-15-5-3-6-16-35)36-17-7-4-8-18-36/h3-27,29,31-32,49,53H,28,30H2,1-2H3/t49-/m0/s1. The molecule has 1 N–H and O–H groups in total. The van der Waals surface area contributed by atoms with Crippen LogP contribution in [0.3, 0.4) is 0 Å². The summed E-state index contributed by atoms with van der Waals surface area (Å²) < 4.78 is 1.38. The van der Waals surface area contributed by atoms with Crippen molar-refractivity contribution in [1.29, 1.82) is 0 Å². The Labute approximate surface area is 326 Å². The molecule has 0 spiro atoms. The Hall–Kier alpha value is -6.16. The monoisotopic (exact) mass is 724 g/mol. The van der Waals surface area contributed by atoms with Crippen LogP contribution >= 0.6 is 11.3 Å². The first-order valence-electron chi connectivity index (χ1n) is 19.4. The summed E-state index contributed by atoms with van der Waals surface area (Å²) in [4.78, 5) is 7.81. The lowest BCUT2D eigenvalue weighted by Crippen LogP contribution is -2.16. The number of benzene rings is 7. The zero-order valence-electron chi connectivity index (χ0n) is 31.0. The van der Waals surface area contributed by atoms with Gasteiger partial charge in [0.05, 0.1) is 11.2 Å². The van der Waals surface area contributed by atoms with Gasteiger partial charge in [0.15, 0.2) is 0 Å². The summed E-state index contributed by atoms with van der Waals surface area (Å²) in [6, 6.07) is 60.4. The number of nitrogens with one attached hydrogen (secondary N) is 1. The Kier molecular flexibility index (Phi) is 7.30. The Balaban J connectivity index is 1.15. The van der Waals surface area contributed by atoms with Gasteiger partial charge in [-0.15, -0.1) is 11.3 Å². The molecule has 0 amide bonds. The molecule has 2 aliphatic rings. The van der Waals surface area contributed by atoms with Crippen molar-refractivity contribution in [2.75, 3.05) is 4.90 Å². The van der Waals surface area contributed by atoms with Crippen molar-refractivity contribution in [3.63, 3.8) is 0 Å². The van der Waals surface area contributed by atoms with Gasteiger partial charge in [0.25, 0.3) is 0 Å². The number of H-pyrrole nitrogens is 1. The van der Waals surface area contributed by atoms with E-state index in [1.165, 1.54) is 81.5 Å². The molecule has 55 heavy (non-hydrogen) atoms. The van der Waals surface area contributed by atoms with E-state index in [1.54, 1.807) is 0 Å². The van der Waals surface area contributed by atoms with Crippen LogP contribution in [0, 0.1) is 0 Å². The predicted molar refractivity (Wildman–Crippen MR) is 234 cm³/mol. The third kappa shape index (κ3) is 5.00. The van der Waals surface area contributed by atoms with Gasteiger partial charge in [0, 0.05) is 48.6 Å². The maximum atomic E-state index is 4.01. The van der Waals surface area contributed by atoms with E-state index in [2.05, 4.69) is 194 Å². The first-order chi connectivity index (χ1) is 27.0. The van der Waals surface area contributed by atoms with Crippen LogP contribution < -0.4 is 4.90 Å². The van der Waals surface area contributed by atoms with Gasteiger partial charge in [0.1, 0.15) is 0 Å². The van der Waals surface area contributed by atoms with Gasteiger partial charge >= 0.3 is 0 Å². The smallest absolute Gasteiger partial charge is 0.0561 e. The third-order valence-electron chi connectivity index (χ3n) is 12.3. The van der Waals surface area contributed by atoms with Gasteiger partial charge in [-0.3, -0.25) is 0 Å². The summed E-state index contributed by atoms with van der Waals surface area (Å²) in [5.41, 5.74) is 16.9. The van der Waals surface area contributed by atoms with E-state index in [-0.39, 0.29) is 11.3 Å². The second-order valence-corrected chi connectivity index (χ2v) is 16.8. The fourth-order valence-corrected chi connectivity index (χ4v) is 10.9. The number of allylic oxidation sites excluding steroid dienone is 1. The maximum absolute atomic E-state index is 4.01. The molecule has 0 fully saturated rings. The Morgan fingerprint density at radius 3 is 2.13 bits per heavy atom. The predicted octanol–water partition coefficient (Wildman–Crippen LogP) is 14.5. The van der Waals surface area contributed by atoms with Crippen LogP contribution in [0.5, 0.6) is 0 Å². The number of nitrogens with zero attached hydrogens (tertiary/aromatic N) is 1. The molecule has 264 valence electrons. The van der Waals surface area contributed by atoms with Crippen molar-refractivity contribution in [2.24, 2.45) is 0 Å². The van der Waals surface area contributed by atoms with E-state index in [0.717, 1.165) is 29.7 Å². The molecule has 7 aromatic carbocycles. The number of para-hydroxylation sites is 3. The van der Waals surface area contributed by atoms with Crippen LogP contribution in [0.1, 0.15) is 58.9 Å². The lowest BCUT2D eigenvalue weighted by atomic mass is 9.76. The topological polar surface area (TPSA) is 19.0 Å². The van der Waals surface area contributed by atoms with Crippen LogP contribution in [-0.4, -0.2) is 4.98 Å². The average Bonchev–Trinajstić information content (AvgIpc) is 3.87. The molecular formula is C52H40N2S. The lowest BCUT2D eigenvalue weighted by molar-refractivity contribution is 0.658. The highest BCUT2D eigenvalue weighted by molar-refractivity contribution is 7.20. The summed E-state index contributed by atoms with van der Waals surface area (Å²) in [5.74, 6) is 0.0859. The van der Waals surface area contributed by atoms with Gasteiger partial charge in [-0.2, -0.15) is 0 Å². The SMILES string of the molecule is CC1(C)c2ccccc2-c2ccc([C@@H](C3=Cc4sc5ccccc5c4CC3)c3cccc4c3[nH]c3cccc(N(c5ccccc5)c5ccccc5)c34)cc21. The molecule has 2 aliphatic carbocycles. The van der Waals surface area contributed by atoms with Crippen molar-refractivity contribution >= 4 is 66.4 Å². The number of aryl methyl sites for hydroxylation is 1. The molecule has 0 aliphatic heterocycles. The van der Waals surface area contributed by atoms with Crippen molar-refractivity contribution < 1.29 is 0 Å². The molecule has 0 radical (unpaired) electrons. The Morgan fingerprint density at radius 1 is 0.618 bits per heavy atom. The second kappa shape index (κ2) is 12.4. The minimum Gasteiger partial charge on any atom is -0.354 e. The largest absolute Gasteiger partial charge is 0.354 e. The number of hydrogen-bond acceptors (Lipinski definition) is 2. The van der Waals surface area contributed by atoms with Crippen LogP contribution in [0.4, 0.5) is 17.1 Å². The van der Waals surface area contributed by atoms with Crippen LogP contribution in [0.2, 0.25) is 0 Å².